The quantitative estimate of drug-likeness (QED) is 0.165. The van der Waals surface area contributed by atoms with Crippen molar-refractivity contribution < 1.29 is 65.0 Å². The van der Waals surface area contributed by atoms with Gasteiger partial charge in [-0.3, -0.25) is 18.9 Å². The lowest BCUT2D eigenvalue weighted by molar-refractivity contribution is -0.0757. The van der Waals surface area contributed by atoms with Gasteiger partial charge < -0.3 is 29.4 Å². The normalized spacial score (nSPS) is 30.5. The van der Waals surface area contributed by atoms with E-state index in [-0.39, 0.29) is 0 Å². The molecule has 0 aromatic carbocycles. The second-order valence-corrected chi connectivity index (χ2v) is 11.6. The Kier molecular flexibility index (Phi) is 8.32. The Labute approximate surface area is 186 Å². The number of H-pyrrole nitrogens is 1. The molecule has 2 rings (SSSR count). The summed E-state index contributed by atoms with van der Waals surface area (Å²) in [6, 6.07) is 0. The van der Waals surface area contributed by atoms with Gasteiger partial charge in [-0.1, -0.05) is 0 Å². The molecule has 1 aliphatic heterocycles. The number of ether oxygens (including phenoxy) is 1. The molecule has 0 radical (unpaired) electrons. The number of phosphoric acid groups is 3. The van der Waals surface area contributed by atoms with Gasteiger partial charge in [0.1, 0.15) is 23.8 Å². The lowest BCUT2D eigenvalue weighted by Gasteiger charge is -2.28. The predicted molar refractivity (Wildman–Crippen MR) is 100 cm³/mol. The first-order valence-corrected chi connectivity index (χ1v) is 13.1. The van der Waals surface area contributed by atoms with Gasteiger partial charge in [-0.05, 0) is 6.92 Å². The number of hydrogen-bond acceptors (Lipinski definition) is 10. The molecule has 190 valence electrons. The van der Waals surface area contributed by atoms with Crippen LogP contribution in [-0.2, 0) is 31.6 Å². The van der Waals surface area contributed by atoms with Crippen LogP contribution in [0.4, 0.5) is 8.78 Å². The van der Waals surface area contributed by atoms with E-state index in [2.05, 4.69) is 13.1 Å². The molecule has 0 bridgehead atoms. The summed E-state index contributed by atoms with van der Waals surface area (Å²) in [5, 5.41) is 10.4. The van der Waals surface area contributed by atoms with Gasteiger partial charge in [0.25, 0.3) is 5.56 Å². The molecule has 1 fully saturated rings. The Balaban J connectivity index is 2.30. The Bertz CT molecular complexity index is 1160. The summed E-state index contributed by atoms with van der Waals surface area (Å²) in [7, 11) is -17.2. The lowest BCUT2D eigenvalue weighted by Crippen LogP contribution is -2.48. The van der Waals surface area contributed by atoms with Crippen LogP contribution >= 0.6 is 35.1 Å². The molecule has 6 N–H and O–H groups in total. The highest BCUT2D eigenvalue weighted by Gasteiger charge is 2.59. The minimum atomic E-state index is -5.86. The third-order valence-electron chi connectivity index (χ3n) is 4.06. The first-order chi connectivity index (χ1) is 14.8. The fourth-order valence-corrected chi connectivity index (χ4v) is 6.25. The number of phosphoric ester groups is 1. The zero-order valence-electron chi connectivity index (χ0n) is 15.9. The molecule has 1 aromatic rings. The van der Waals surface area contributed by atoms with Crippen LogP contribution in [0.15, 0.2) is 15.8 Å². The van der Waals surface area contributed by atoms with E-state index in [1.165, 1.54) is 0 Å². The number of aliphatic hydroxyl groups excluding tert-OH is 1. The average Bonchev–Trinajstić information content (AvgIpc) is 2.87. The van der Waals surface area contributed by atoms with E-state index in [0.29, 0.717) is 10.8 Å². The van der Waals surface area contributed by atoms with Crippen molar-refractivity contribution in [2.24, 2.45) is 0 Å². The number of halogens is 3. The molecule has 33 heavy (non-hydrogen) atoms. The van der Waals surface area contributed by atoms with Gasteiger partial charge in [0, 0.05) is 0 Å². The van der Waals surface area contributed by atoms with Gasteiger partial charge in [-0.15, -0.1) is 11.6 Å². The number of nitrogens with one attached hydrogen (secondary N) is 1. The number of alkyl halides is 2. The molecule has 1 aliphatic rings. The summed E-state index contributed by atoms with van der Waals surface area (Å²) < 4.78 is 78.4. The van der Waals surface area contributed by atoms with Crippen molar-refractivity contribution in [2.75, 3.05) is 6.67 Å². The molecule has 0 saturated carbocycles. The maximum atomic E-state index is 13.8. The van der Waals surface area contributed by atoms with Crippen molar-refractivity contribution in [3.63, 3.8) is 0 Å². The minimum absolute atomic E-state index is 0.296. The van der Waals surface area contributed by atoms with E-state index in [0.717, 1.165) is 6.92 Å². The molecule has 22 heteroatoms. The van der Waals surface area contributed by atoms with E-state index in [1.54, 1.807) is 4.98 Å². The number of aromatic nitrogens is 2. The topological polar surface area (TPSA) is 244 Å². The third-order valence-corrected chi connectivity index (χ3v) is 8.50. The molecule has 3 unspecified atom stereocenters. The standard InChI is InChI=1S/C11H16ClF2N2O14P3/c1-4(28-32(23,24)30-33(25,26)29-31(20,21)22)6-7(17)11(12,3-13)9(27-6)16-2-5(14)8(18)15-10(16)19/h2,4,6-7,9,17H,3H2,1H3,(H,23,24)(H,25,26)(H,15,18,19)(H2,20,21,22)/t4-,6+,7-,9+,11?/m0/s1. The number of aliphatic hydroxyl groups is 1. The first-order valence-electron chi connectivity index (χ1n) is 8.23. The number of nitrogens with zero attached hydrogens (tertiary/aromatic N) is 1. The maximum absolute atomic E-state index is 13.8. The predicted octanol–water partition coefficient (Wildman–Crippen LogP) is -0.387. The van der Waals surface area contributed by atoms with Gasteiger partial charge in [-0.25, -0.2) is 22.9 Å². The van der Waals surface area contributed by atoms with E-state index < -0.39 is 76.6 Å². The van der Waals surface area contributed by atoms with Crippen LogP contribution in [0.2, 0.25) is 0 Å². The van der Waals surface area contributed by atoms with E-state index in [9.17, 15) is 42.1 Å². The summed E-state index contributed by atoms with van der Waals surface area (Å²) in [5.41, 5.74) is -2.74. The van der Waals surface area contributed by atoms with Gasteiger partial charge in [0.05, 0.1) is 12.3 Å². The number of aromatic amines is 1. The van der Waals surface area contributed by atoms with Gasteiger partial charge in [0.2, 0.25) is 5.82 Å². The van der Waals surface area contributed by atoms with Crippen molar-refractivity contribution >= 4 is 35.1 Å². The maximum Gasteiger partial charge on any atom is 0.490 e. The fourth-order valence-electron chi connectivity index (χ4n) is 2.77. The van der Waals surface area contributed by atoms with Crippen LogP contribution in [0.25, 0.3) is 0 Å². The van der Waals surface area contributed by atoms with Gasteiger partial charge >= 0.3 is 29.2 Å². The largest absolute Gasteiger partial charge is 0.490 e. The monoisotopic (exact) mass is 566 g/mol. The van der Waals surface area contributed by atoms with E-state index in [1.807, 2.05) is 0 Å². The first kappa shape index (κ1) is 28.4. The van der Waals surface area contributed by atoms with Crippen molar-refractivity contribution in [1.82, 2.24) is 9.55 Å². The molecular formula is C11H16ClF2N2O14P3. The molecule has 16 nitrogen and oxygen atoms in total. The smallest absolute Gasteiger partial charge is 0.388 e. The minimum Gasteiger partial charge on any atom is -0.388 e. The lowest BCUT2D eigenvalue weighted by atomic mass is 9.97. The SMILES string of the molecule is C[C@H](OP(=O)(O)OP(=O)(O)OP(=O)(O)O)[C@H]1O[C@@H](n2cc(F)c(=O)[nH]c2=O)C(Cl)(CF)[C@H]1O. The Morgan fingerprint density at radius 3 is 2.33 bits per heavy atom. The van der Waals surface area contributed by atoms with E-state index >= 15 is 0 Å². The highest BCUT2D eigenvalue weighted by Crippen LogP contribution is 2.66. The van der Waals surface area contributed by atoms with Crippen molar-refractivity contribution in [2.45, 2.75) is 36.3 Å². The fraction of sp³-hybridized carbons (Fsp3) is 0.636. The molecule has 1 aromatic heterocycles. The molecular weight excluding hydrogens is 550 g/mol. The Morgan fingerprint density at radius 2 is 1.82 bits per heavy atom. The van der Waals surface area contributed by atoms with E-state index in [4.69, 9.17) is 31.0 Å². The van der Waals surface area contributed by atoms with Crippen LogP contribution in [0, 0.1) is 5.82 Å². The molecule has 0 amide bonds. The van der Waals surface area contributed by atoms with Crippen LogP contribution in [0.5, 0.6) is 0 Å². The summed E-state index contributed by atoms with van der Waals surface area (Å²) in [6.07, 6.45) is -7.58. The highest BCUT2D eigenvalue weighted by atomic mass is 35.5. The number of rotatable bonds is 9. The third kappa shape index (κ3) is 6.64. The Morgan fingerprint density at radius 1 is 1.24 bits per heavy atom. The summed E-state index contributed by atoms with van der Waals surface area (Å²) >= 11 is 6.03. The Hall–Kier alpha value is -0.840. The molecule has 7 atom stereocenters. The van der Waals surface area contributed by atoms with Gasteiger partial charge in [-0.2, -0.15) is 13.0 Å². The second-order valence-electron chi connectivity index (χ2n) is 6.50. The van der Waals surface area contributed by atoms with Crippen molar-refractivity contribution in [3.8, 4) is 0 Å². The van der Waals surface area contributed by atoms with Crippen molar-refractivity contribution in [1.29, 1.82) is 0 Å². The summed E-state index contributed by atoms with van der Waals surface area (Å²) in [4.78, 5) is 58.0. The van der Waals surface area contributed by atoms with Gasteiger partial charge in [0.15, 0.2) is 6.23 Å². The molecule has 2 heterocycles. The zero-order chi connectivity index (χ0) is 25.6. The molecule has 0 spiro atoms. The molecule has 0 aliphatic carbocycles. The van der Waals surface area contributed by atoms with Crippen LogP contribution in [0.1, 0.15) is 13.2 Å². The molecule has 1 saturated heterocycles. The number of hydrogen-bond donors (Lipinski definition) is 6. The van der Waals surface area contributed by atoms with Crippen molar-refractivity contribution in [3.05, 3.63) is 32.9 Å². The summed E-state index contributed by atoms with van der Waals surface area (Å²) in [6.45, 7) is -0.730. The zero-order valence-corrected chi connectivity index (χ0v) is 19.4. The van der Waals surface area contributed by atoms with Crippen LogP contribution < -0.4 is 11.2 Å². The average molecular weight is 567 g/mol. The highest BCUT2D eigenvalue weighted by molar-refractivity contribution is 7.66. The van der Waals surface area contributed by atoms with Crippen LogP contribution in [-0.4, -0.2) is 64.1 Å². The van der Waals surface area contributed by atoms with Crippen LogP contribution in [0.3, 0.4) is 0 Å². The second kappa shape index (κ2) is 9.66. The summed E-state index contributed by atoms with van der Waals surface area (Å²) in [5.74, 6) is -1.50.